The number of thiazole rings is 1. The number of amides is 2. The molecule has 2 heterocycles. The van der Waals surface area contributed by atoms with E-state index in [4.69, 9.17) is 0 Å². The van der Waals surface area contributed by atoms with Crippen LogP contribution >= 0.6 is 11.3 Å². The minimum atomic E-state index is -0.432. The van der Waals surface area contributed by atoms with Crippen LogP contribution in [0, 0.1) is 18.8 Å². The number of aromatic nitrogens is 1. The SMILES string of the molecule is CC[C@@](C)(NC(=O)[C@@H]1CCCN(C(=O)C2CC2)C1)c1nc(C)cs1. The lowest BCUT2D eigenvalue weighted by molar-refractivity contribution is -0.137. The van der Waals surface area contributed by atoms with Gasteiger partial charge in [-0.15, -0.1) is 11.3 Å². The zero-order chi connectivity index (χ0) is 17.3. The van der Waals surface area contributed by atoms with Gasteiger partial charge in [-0.1, -0.05) is 6.92 Å². The predicted molar refractivity (Wildman–Crippen MR) is 94.7 cm³/mol. The number of likely N-dealkylation sites (tertiary alicyclic amines) is 1. The Balaban J connectivity index is 1.65. The lowest BCUT2D eigenvalue weighted by Crippen LogP contribution is -2.50. The molecule has 6 heteroatoms. The van der Waals surface area contributed by atoms with Crippen molar-refractivity contribution < 1.29 is 9.59 Å². The summed E-state index contributed by atoms with van der Waals surface area (Å²) in [6, 6.07) is 0. The minimum Gasteiger partial charge on any atom is -0.344 e. The van der Waals surface area contributed by atoms with Crippen LogP contribution in [-0.4, -0.2) is 34.8 Å². The first kappa shape index (κ1) is 17.4. The quantitative estimate of drug-likeness (QED) is 0.889. The number of carbonyl (C=O) groups excluding carboxylic acids is 2. The Hall–Kier alpha value is -1.43. The molecule has 0 spiro atoms. The van der Waals surface area contributed by atoms with Crippen molar-refractivity contribution in [1.29, 1.82) is 0 Å². The summed E-state index contributed by atoms with van der Waals surface area (Å²) >= 11 is 1.60. The monoisotopic (exact) mass is 349 g/mol. The Bertz CT molecular complexity index is 626. The van der Waals surface area contributed by atoms with Crippen LogP contribution in [0.15, 0.2) is 5.38 Å². The first-order valence-corrected chi connectivity index (χ1v) is 9.84. The maximum absolute atomic E-state index is 12.8. The number of rotatable bonds is 5. The molecule has 2 aliphatic rings. The number of hydrogen-bond donors (Lipinski definition) is 1. The standard InChI is InChI=1S/C18H27N3O2S/c1-4-18(3,17-19-12(2)11-24-17)20-15(22)14-6-5-9-21(10-14)16(23)13-7-8-13/h11,13-14H,4-10H2,1-3H3,(H,20,22)/t14-,18-/m1/s1. The van der Waals surface area contributed by atoms with E-state index < -0.39 is 5.54 Å². The van der Waals surface area contributed by atoms with Crippen LogP contribution < -0.4 is 5.32 Å². The van der Waals surface area contributed by atoms with Gasteiger partial charge in [0.15, 0.2) is 0 Å². The van der Waals surface area contributed by atoms with Crippen LogP contribution in [0.5, 0.6) is 0 Å². The topological polar surface area (TPSA) is 62.3 Å². The van der Waals surface area contributed by atoms with Crippen molar-refractivity contribution in [3.05, 3.63) is 16.1 Å². The highest BCUT2D eigenvalue weighted by molar-refractivity contribution is 7.09. The van der Waals surface area contributed by atoms with E-state index in [1.54, 1.807) is 11.3 Å². The van der Waals surface area contributed by atoms with E-state index in [-0.39, 0.29) is 23.7 Å². The van der Waals surface area contributed by atoms with Gasteiger partial charge in [-0.3, -0.25) is 9.59 Å². The Labute approximate surface area is 147 Å². The van der Waals surface area contributed by atoms with Crippen molar-refractivity contribution in [3.8, 4) is 0 Å². The van der Waals surface area contributed by atoms with Crippen LogP contribution in [0.25, 0.3) is 0 Å². The smallest absolute Gasteiger partial charge is 0.225 e. The van der Waals surface area contributed by atoms with Gasteiger partial charge in [0.1, 0.15) is 5.01 Å². The van der Waals surface area contributed by atoms with Gasteiger partial charge in [-0.25, -0.2) is 4.98 Å². The van der Waals surface area contributed by atoms with Crippen LogP contribution in [0.1, 0.15) is 56.7 Å². The fourth-order valence-electron chi connectivity index (χ4n) is 3.25. The minimum absolute atomic E-state index is 0.0560. The van der Waals surface area contributed by atoms with Crippen LogP contribution in [0.4, 0.5) is 0 Å². The second-order valence-corrected chi connectivity index (χ2v) is 8.22. The number of carbonyl (C=O) groups is 2. The third kappa shape index (κ3) is 3.63. The molecule has 0 unspecified atom stereocenters. The molecule has 3 rings (SSSR count). The molecule has 2 fully saturated rings. The van der Waals surface area contributed by atoms with E-state index >= 15 is 0 Å². The second-order valence-electron chi connectivity index (χ2n) is 7.37. The van der Waals surface area contributed by atoms with Gasteiger partial charge in [0.25, 0.3) is 0 Å². The summed E-state index contributed by atoms with van der Waals surface area (Å²) in [6.07, 6.45) is 4.60. The fraction of sp³-hybridized carbons (Fsp3) is 0.722. The summed E-state index contributed by atoms with van der Waals surface area (Å²) in [7, 11) is 0. The Morgan fingerprint density at radius 2 is 2.12 bits per heavy atom. The van der Waals surface area contributed by atoms with Crippen molar-refractivity contribution in [2.45, 2.75) is 58.4 Å². The highest BCUT2D eigenvalue weighted by atomic mass is 32.1. The van der Waals surface area contributed by atoms with E-state index in [0.717, 1.165) is 49.4 Å². The van der Waals surface area contributed by atoms with Crippen LogP contribution in [0.3, 0.4) is 0 Å². The van der Waals surface area contributed by atoms with Crippen molar-refractivity contribution in [2.24, 2.45) is 11.8 Å². The third-order valence-electron chi connectivity index (χ3n) is 5.23. The molecule has 2 atom stereocenters. The predicted octanol–water partition coefficient (Wildman–Crippen LogP) is 2.84. The van der Waals surface area contributed by atoms with Gasteiger partial charge >= 0.3 is 0 Å². The van der Waals surface area contributed by atoms with E-state index in [2.05, 4.69) is 17.2 Å². The molecule has 24 heavy (non-hydrogen) atoms. The van der Waals surface area contributed by atoms with E-state index in [1.807, 2.05) is 24.1 Å². The Morgan fingerprint density at radius 1 is 1.38 bits per heavy atom. The molecule has 0 radical (unpaired) electrons. The summed E-state index contributed by atoms with van der Waals surface area (Å²) in [4.78, 5) is 31.6. The van der Waals surface area contributed by atoms with Gasteiger partial charge in [-0.05, 0) is 46.0 Å². The molecule has 0 bridgehead atoms. The Morgan fingerprint density at radius 3 is 2.71 bits per heavy atom. The second kappa shape index (κ2) is 6.82. The lowest BCUT2D eigenvalue weighted by Gasteiger charge is -2.35. The van der Waals surface area contributed by atoms with E-state index in [0.29, 0.717) is 6.54 Å². The summed E-state index contributed by atoms with van der Waals surface area (Å²) in [5.74, 6) is 0.432. The van der Waals surface area contributed by atoms with Crippen molar-refractivity contribution >= 4 is 23.2 Å². The van der Waals surface area contributed by atoms with Crippen molar-refractivity contribution in [3.63, 3.8) is 0 Å². The van der Waals surface area contributed by atoms with E-state index in [1.165, 1.54) is 0 Å². The summed E-state index contributed by atoms with van der Waals surface area (Å²) in [6.45, 7) is 7.45. The summed E-state index contributed by atoms with van der Waals surface area (Å²) < 4.78 is 0. The zero-order valence-electron chi connectivity index (χ0n) is 14.8. The number of piperidine rings is 1. The summed E-state index contributed by atoms with van der Waals surface area (Å²) in [5, 5.41) is 6.19. The molecular formula is C18H27N3O2S. The number of nitrogens with zero attached hydrogens (tertiary/aromatic N) is 2. The van der Waals surface area contributed by atoms with Crippen LogP contribution in [0.2, 0.25) is 0 Å². The third-order valence-corrected chi connectivity index (χ3v) is 6.45. The molecule has 1 aliphatic carbocycles. The molecule has 1 aliphatic heterocycles. The normalized spacial score (nSPS) is 23.6. The Kier molecular flexibility index (Phi) is 4.95. The average Bonchev–Trinajstić information content (AvgIpc) is 3.34. The van der Waals surface area contributed by atoms with Gasteiger partial charge in [0.2, 0.25) is 11.8 Å². The van der Waals surface area contributed by atoms with Gasteiger partial charge in [0, 0.05) is 30.1 Å². The molecule has 1 N–H and O–H groups in total. The van der Waals surface area contributed by atoms with Gasteiger partial charge in [-0.2, -0.15) is 0 Å². The summed E-state index contributed by atoms with van der Waals surface area (Å²) in [5.41, 5.74) is 0.557. The first-order chi connectivity index (χ1) is 11.4. The lowest BCUT2D eigenvalue weighted by atomic mass is 9.93. The molecule has 1 saturated carbocycles. The molecule has 5 nitrogen and oxygen atoms in total. The number of nitrogens with one attached hydrogen (secondary N) is 1. The molecule has 0 aromatic carbocycles. The highest BCUT2D eigenvalue weighted by Gasteiger charge is 2.38. The fourth-order valence-corrected chi connectivity index (χ4v) is 4.24. The maximum atomic E-state index is 12.8. The maximum Gasteiger partial charge on any atom is 0.225 e. The largest absolute Gasteiger partial charge is 0.344 e. The molecule has 132 valence electrons. The van der Waals surface area contributed by atoms with Gasteiger partial charge < -0.3 is 10.2 Å². The van der Waals surface area contributed by atoms with Crippen molar-refractivity contribution in [1.82, 2.24) is 15.2 Å². The zero-order valence-corrected chi connectivity index (χ0v) is 15.6. The molecular weight excluding hydrogens is 322 g/mol. The van der Waals surface area contributed by atoms with Crippen molar-refractivity contribution in [2.75, 3.05) is 13.1 Å². The molecule has 1 aromatic heterocycles. The van der Waals surface area contributed by atoms with E-state index in [9.17, 15) is 9.59 Å². The number of hydrogen-bond acceptors (Lipinski definition) is 4. The average molecular weight is 350 g/mol. The molecule has 2 amide bonds. The first-order valence-electron chi connectivity index (χ1n) is 8.96. The van der Waals surface area contributed by atoms with Gasteiger partial charge in [0.05, 0.1) is 11.5 Å². The molecule has 1 aromatic rings. The van der Waals surface area contributed by atoms with Crippen LogP contribution in [-0.2, 0) is 15.1 Å². The number of aryl methyl sites for hydroxylation is 1. The molecule has 1 saturated heterocycles. The highest BCUT2D eigenvalue weighted by Crippen LogP contribution is 2.33.